The van der Waals surface area contributed by atoms with E-state index in [0.29, 0.717) is 13.2 Å². The normalized spacial score (nSPS) is 10.0. The predicted molar refractivity (Wildman–Crippen MR) is 57.3 cm³/mol. The van der Waals surface area contributed by atoms with E-state index in [4.69, 9.17) is 14.8 Å². The van der Waals surface area contributed by atoms with Crippen LogP contribution in [0.2, 0.25) is 0 Å². The van der Waals surface area contributed by atoms with Crippen molar-refractivity contribution in [2.45, 2.75) is 12.8 Å². The summed E-state index contributed by atoms with van der Waals surface area (Å²) >= 11 is 0. The first-order chi connectivity index (χ1) is 7.29. The summed E-state index contributed by atoms with van der Waals surface area (Å²) < 4.78 is 9.98. The molecule has 0 atom stereocenters. The average molecular weight is 210 g/mol. The van der Waals surface area contributed by atoms with Crippen molar-refractivity contribution in [3.05, 3.63) is 30.3 Å². The Hall–Kier alpha value is -1.04. The maximum atomic E-state index is 8.39. The molecule has 0 fully saturated rings. The Morgan fingerprint density at radius 1 is 1.00 bits per heavy atom. The zero-order chi connectivity index (χ0) is 10.9. The molecule has 0 amide bonds. The predicted octanol–water partition coefficient (Wildman–Crippen LogP) is 0.832. The van der Waals surface area contributed by atoms with Gasteiger partial charge in [-0.1, -0.05) is 18.2 Å². The molecule has 1 aromatic carbocycles. The number of hydrogen-bond donors (Lipinski definition) is 2. The summed E-state index contributed by atoms with van der Waals surface area (Å²) in [5.41, 5.74) is 0. The first-order valence-corrected chi connectivity index (χ1v) is 4.94. The van der Waals surface area contributed by atoms with Gasteiger partial charge in [-0.15, -0.1) is 0 Å². The molecular weight excluding hydrogens is 195 g/mol. The minimum absolute atomic E-state index is 0.329. The topological polar surface area (TPSA) is 58.9 Å². The van der Waals surface area contributed by atoms with Crippen LogP contribution in [0.4, 0.5) is 0 Å². The number of para-hydroxylation sites is 1. The molecule has 2 N–H and O–H groups in total. The highest BCUT2D eigenvalue weighted by Crippen LogP contribution is 2.08. The van der Waals surface area contributed by atoms with Gasteiger partial charge >= 0.3 is 7.32 Å². The number of benzene rings is 1. The molecule has 0 aromatic heterocycles. The van der Waals surface area contributed by atoms with Crippen molar-refractivity contribution in [1.29, 1.82) is 0 Å². The molecule has 0 spiro atoms. The lowest BCUT2D eigenvalue weighted by Gasteiger charge is -2.05. The zero-order valence-electron chi connectivity index (χ0n) is 8.50. The molecule has 1 aromatic rings. The SMILES string of the molecule is OB(O)OCCCCOc1ccccc1. The average Bonchev–Trinajstić information content (AvgIpc) is 2.24. The lowest BCUT2D eigenvalue weighted by atomic mass is 10.2. The summed E-state index contributed by atoms with van der Waals surface area (Å²) in [6, 6.07) is 9.56. The van der Waals surface area contributed by atoms with Crippen LogP contribution in [0.1, 0.15) is 12.8 Å². The van der Waals surface area contributed by atoms with Crippen LogP contribution in [0.3, 0.4) is 0 Å². The minimum Gasteiger partial charge on any atom is -0.494 e. The summed E-state index contributed by atoms with van der Waals surface area (Å²) in [7, 11) is -1.67. The summed E-state index contributed by atoms with van der Waals surface area (Å²) in [5.74, 6) is 0.848. The molecule has 0 saturated heterocycles. The third kappa shape index (κ3) is 6.12. The molecule has 0 aliphatic rings. The Balaban J connectivity index is 1.98. The molecule has 5 heteroatoms. The van der Waals surface area contributed by atoms with Gasteiger partial charge in [0.1, 0.15) is 5.75 Å². The Kier molecular flexibility index (Phi) is 5.84. The van der Waals surface area contributed by atoms with Crippen LogP contribution in [0.25, 0.3) is 0 Å². The quantitative estimate of drug-likeness (QED) is 0.517. The van der Waals surface area contributed by atoms with Gasteiger partial charge in [0.2, 0.25) is 0 Å². The Morgan fingerprint density at radius 2 is 1.67 bits per heavy atom. The molecule has 0 saturated carbocycles. The van der Waals surface area contributed by atoms with Crippen molar-refractivity contribution in [2.24, 2.45) is 0 Å². The van der Waals surface area contributed by atoms with E-state index in [1.807, 2.05) is 30.3 Å². The van der Waals surface area contributed by atoms with E-state index in [9.17, 15) is 0 Å². The molecule has 4 nitrogen and oxygen atoms in total. The molecule has 15 heavy (non-hydrogen) atoms. The van der Waals surface area contributed by atoms with Crippen LogP contribution < -0.4 is 4.74 Å². The van der Waals surface area contributed by atoms with E-state index in [2.05, 4.69) is 4.65 Å². The van der Waals surface area contributed by atoms with Gasteiger partial charge < -0.3 is 19.4 Å². The van der Waals surface area contributed by atoms with Crippen molar-refractivity contribution in [3.8, 4) is 5.75 Å². The smallest absolute Gasteiger partial charge is 0.494 e. The molecule has 0 bridgehead atoms. The Bertz CT molecular complexity index is 253. The summed E-state index contributed by atoms with van der Waals surface area (Å²) in [6.45, 7) is 0.935. The van der Waals surface area contributed by atoms with Gasteiger partial charge in [0, 0.05) is 6.61 Å². The van der Waals surface area contributed by atoms with Gasteiger partial charge in [-0.25, -0.2) is 0 Å². The standard InChI is InChI=1S/C10H15BO4/c12-11(13)15-9-5-4-8-14-10-6-2-1-3-7-10/h1-3,6-7,12-13H,4-5,8-9H2. The van der Waals surface area contributed by atoms with Crippen molar-refractivity contribution in [3.63, 3.8) is 0 Å². The first-order valence-electron chi connectivity index (χ1n) is 4.94. The van der Waals surface area contributed by atoms with Gasteiger partial charge in [0.05, 0.1) is 6.61 Å². The fraction of sp³-hybridized carbons (Fsp3) is 0.400. The molecule has 82 valence electrons. The lowest BCUT2D eigenvalue weighted by molar-refractivity contribution is 0.177. The molecule has 0 heterocycles. The highest BCUT2D eigenvalue weighted by molar-refractivity contribution is 6.32. The molecule has 0 unspecified atom stereocenters. The molecule has 0 aliphatic heterocycles. The Labute approximate surface area is 89.6 Å². The fourth-order valence-electron chi connectivity index (χ4n) is 1.10. The highest BCUT2D eigenvalue weighted by atomic mass is 16.6. The molecule has 0 radical (unpaired) electrons. The highest BCUT2D eigenvalue weighted by Gasteiger charge is 2.06. The van der Waals surface area contributed by atoms with E-state index in [-0.39, 0.29) is 0 Å². The van der Waals surface area contributed by atoms with Gasteiger partial charge in [-0.3, -0.25) is 0 Å². The van der Waals surface area contributed by atoms with E-state index in [1.165, 1.54) is 0 Å². The van der Waals surface area contributed by atoms with Gasteiger partial charge in [-0.2, -0.15) is 0 Å². The van der Waals surface area contributed by atoms with Crippen LogP contribution in [0.15, 0.2) is 30.3 Å². The summed E-state index contributed by atoms with van der Waals surface area (Å²) in [6.07, 6.45) is 1.56. The summed E-state index contributed by atoms with van der Waals surface area (Å²) in [4.78, 5) is 0. The van der Waals surface area contributed by atoms with E-state index >= 15 is 0 Å². The number of rotatable bonds is 7. The van der Waals surface area contributed by atoms with Gasteiger partial charge in [0.15, 0.2) is 0 Å². The maximum absolute atomic E-state index is 8.39. The van der Waals surface area contributed by atoms with Crippen molar-refractivity contribution >= 4 is 7.32 Å². The summed E-state index contributed by atoms with van der Waals surface area (Å²) in [5, 5.41) is 16.8. The van der Waals surface area contributed by atoms with E-state index in [1.54, 1.807) is 0 Å². The van der Waals surface area contributed by atoms with Crippen molar-refractivity contribution < 1.29 is 19.4 Å². The Morgan fingerprint density at radius 3 is 2.33 bits per heavy atom. The zero-order valence-corrected chi connectivity index (χ0v) is 8.50. The molecular formula is C10H15BO4. The first kappa shape index (κ1) is 12.0. The second-order valence-electron chi connectivity index (χ2n) is 3.07. The third-order valence-corrected chi connectivity index (χ3v) is 1.82. The number of unbranched alkanes of at least 4 members (excludes halogenated alkanes) is 1. The van der Waals surface area contributed by atoms with Crippen LogP contribution in [-0.2, 0) is 4.65 Å². The van der Waals surface area contributed by atoms with Crippen LogP contribution >= 0.6 is 0 Å². The second kappa shape index (κ2) is 7.28. The minimum atomic E-state index is -1.67. The molecule has 1 rings (SSSR count). The van der Waals surface area contributed by atoms with E-state index in [0.717, 1.165) is 18.6 Å². The van der Waals surface area contributed by atoms with Gasteiger partial charge in [-0.05, 0) is 25.0 Å². The lowest BCUT2D eigenvalue weighted by Crippen LogP contribution is -2.17. The monoisotopic (exact) mass is 210 g/mol. The third-order valence-electron chi connectivity index (χ3n) is 1.82. The van der Waals surface area contributed by atoms with Gasteiger partial charge in [0.25, 0.3) is 0 Å². The van der Waals surface area contributed by atoms with E-state index < -0.39 is 7.32 Å². The number of ether oxygens (including phenoxy) is 1. The van der Waals surface area contributed by atoms with Crippen molar-refractivity contribution in [2.75, 3.05) is 13.2 Å². The maximum Gasteiger partial charge on any atom is 0.633 e. The molecule has 0 aliphatic carbocycles. The fourth-order valence-corrected chi connectivity index (χ4v) is 1.10. The number of hydrogen-bond acceptors (Lipinski definition) is 4. The van der Waals surface area contributed by atoms with Crippen LogP contribution in [-0.4, -0.2) is 30.6 Å². The van der Waals surface area contributed by atoms with Crippen LogP contribution in [0, 0.1) is 0 Å². The second-order valence-corrected chi connectivity index (χ2v) is 3.07. The van der Waals surface area contributed by atoms with Crippen LogP contribution in [0.5, 0.6) is 5.75 Å². The van der Waals surface area contributed by atoms with Crippen molar-refractivity contribution in [1.82, 2.24) is 0 Å². The largest absolute Gasteiger partial charge is 0.633 e.